The summed E-state index contributed by atoms with van der Waals surface area (Å²) in [5, 5.41) is 12.6. The van der Waals surface area contributed by atoms with E-state index >= 15 is 0 Å². The van der Waals surface area contributed by atoms with Gasteiger partial charge in [-0.25, -0.2) is 4.98 Å². The van der Waals surface area contributed by atoms with E-state index in [4.69, 9.17) is 20.9 Å². The van der Waals surface area contributed by atoms with Crippen molar-refractivity contribution >= 4 is 28.6 Å². The first-order valence-corrected chi connectivity index (χ1v) is 8.76. The lowest BCUT2D eigenvalue weighted by molar-refractivity contribution is 0.122. The number of aryl methyl sites for hydroxylation is 1. The summed E-state index contributed by atoms with van der Waals surface area (Å²) in [5.74, 6) is 0.860. The van der Waals surface area contributed by atoms with Crippen molar-refractivity contribution in [2.45, 2.75) is 0 Å². The van der Waals surface area contributed by atoms with E-state index in [2.05, 4.69) is 21.0 Å². The quantitative estimate of drug-likeness (QED) is 0.685. The largest absolute Gasteiger partial charge is 0.397 e. The summed E-state index contributed by atoms with van der Waals surface area (Å²) in [6, 6.07) is 6.01. The van der Waals surface area contributed by atoms with E-state index in [0.29, 0.717) is 30.1 Å². The van der Waals surface area contributed by atoms with E-state index in [9.17, 15) is 0 Å². The number of nitrogens with two attached hydrogens (primary N) is 1. The van der Waals surface area contributed by atoms with Crippen LogP contribution in [0.15, 0.2) is 36.7 Å². The molecule has 0 unspecified atom stereocenters. The predicted octanol–water partition coefficient (Wildman–Crippen LogP) is 1.82. The number of pyridine rings is 2. The highest BCUT2D eigenvalue weighted by Crippen LogP contribution is 2.33. The first-order chi connectivity index (χ1) is 13.2. The van der Waals surface area contributed by atoms with Crippen molar-refractivity contribution in [1.82, 2.24) is 19.7 Å². The third-order valence-electron chi connectivity index (χ3n) is 4.68. The second kappa shape index (κ2) is 7.16. The summed E-state index contributed by atoms with van der Waals surface area (Å²) in [5.41, 5.74) is 9.87. The molecule has 1 fully saturated rings. The van der Waals surface area contributed by atoms with Crippen LogP contribution in [0, 0.1) is 5.41 Å². The van der Waals surface area contributed by atoms with Crippen LogP contribution in [0.1, 0.15) is 5.69 Å². The van der Waals surface area contributed by atoms with Gasteiger partial charge in [-0.1, -0.05) is 0 Å². The molecule has 8 nitrogen and oxygen atoms in total. The lowest BCUT2D eigenvalue weighted by Crippen LogP contribution is -2.36. The Morgan fingerprint density at radius 3 is 2.78 bits per heavy atom. The third-order valence-corrected chi connectivity index (χ3v) is 4.68. The molecule has 0 aliphatic carbocycles. The Labute approximate surface area is 156 Å². The van der Waals surface area contributed by atoms with Crippen molar-refractivity contribution in [3.63, 3.8) is 0 Å². The molecule has 0 atom stereocenters. The summed E-state index contributed by atoms with van der Waals surface area (Å²) in [4.78, 5) is 11.5. The molecule has 1 aliphatic heterocycles. The van der Waals surface area contributed by atoms with Gasteiger partial charge in [-0.3, -0.25) is 9.67 Å². The van der Waals surface area contributed by atoms with Gasteiger partial charge in [0.1, 0.15) is 17.0 Å². The number of hydrogen-bond acceptors (Lipinski definition) is 7. The van der Waals surface area contributed by atoms with Crippen LogP contribution >= 0.6 is 0 Å². The molecule has 3 aromatic heterocycles. The Hall–Kier alpha value is -3.26. The number of fused-ring (bicyclic) bond motifs is 1. The average molecular weight is 363 g/mol. The zero-order chi connectivity index (χ0) is 18.8. The van der Waals surface area contributed by atoms with Gasteiger partial charge < -0.3 is 20.8 Å². The molecule has 0 radical (unpaired) electrons. The molecule has 8 heteroatoms. The summed E-state index contributed by atoms with van der Waals surface area (Å²) >= 11 is 0. The van der Waals surface area contributed by atoms with Crippen LogP contribution in [0.4, 0.5) is 5.82 Å². The fraction of sp³-hybridized carbons (Fsp3) is 0.263. The lowest BCUT2D eigenvalue weighted by Gasteiger charge is -2.28. The van der Waals surface area contributed by atoms with Crippen molar-refractivity contribution in [2.75, 3.05) is 31.2 Å². The second-order valence-electron chi connectivity index (χ2n) is 6.31. The maximum absolute atomic E-state index is 7.31. The molecule has 0 spiro atoms. The molecule has 138 valence electrons. The molecule has 1 saturated heterocycles. The zero-order valence-corrected chi connectivity index (χ0v) is 15.1. The van der Waals surface area contributed by atoms with Crippen LogP contribution in [0.25, 0.3) is 27.9 Å². The minimum Gasteiger partial charge on any atom is -0.397 e. The van der Waals surface area contributed by atoms with Crippen LogP contribution in [0.3, 0.4) is 0 Å². The van der Waals surface area contributed by atoms with Crippen LogP contribution in [0.5, 0.6) is 0 Å². The summed E-state index contributed by atoms with van der Waals surface area (Å²) in [7, 11) is 1.92. The second-order valence-corrected chi connectivity index (χ2v) is 6.31. The summed E-state index contributed by atoms with van der Waals surface area (Å²) < 4.78 is 7.32. The molecule has 0 aromatic carbocycles. The normalized spacial score (nSPS) is 15.3. The van der Waals surface area contributed by atoms with Gasteiger partial charge in [0.15, 0.2) is 0 Å². The fourth-order valence-corrected chi connectivity index (χ4v) is 3.32. The molecule has 0 amide bonds. The highest BCUT2D eigenvalue weighted by molar-refractivity contribution is 6.00. The van der Waals surface area contributed by atoms with Gasteiger partial charge in [0.25, 0.3) is 0 Å². The van der Waals surface area contributed by atoms with Crippen LogP contribution in [-0.2, 0) is 11.8 Å². The van der Waals surface area contributed by atoms with E-state index in [1.165, 1.54) is 6.08 Å². The molecule has 0 saturated carbocycles. The van der Waals surface area contributed by atoms with Crippen LogP contribution < -0.4 is 10.6 Å². The lowest BCUT2D eigenvalue weighted by atomic mass is 10.0. The fourth-order valence-electron chi connectivity index (χ4n) is 3.32. The highest BCUT2D eigenvalue weighted by atomic mass is 16.5. The van der Waals surface area contributed by atoms with Gasteiger partial charge in [0, 0.05) is 49.7 Å². The number of nitrogens with zero attached hydrogens (tertiary/aromatic N) is 5. The molecule has 3 N–H and O–H groups in total. The van der Waals surface area contributed by atoms with Gasteiger partial charge in [-0.05, 0) is 24.3 Å². The Balaban J connectivity index is 1.99. The van der Waals surface area contributed by atoms with Gasteiger partial charge >= 0.3 is 0 Å². The van der Waals surface area contributed by atoms with Crippen LogP contribution in [0.2, 0.25) is 0 Å². The molecular weight excluding hydrogens is 342 g/mol. The van der Waals surface area contributed by atoms with E-state index < -0.39 is 0 Å². The third kappa shape index (κ3) is 3.15. The number of anilines is 1. The molecule has 4 heterocycles. The first-order valence-electron chi connectivity index (χ1n) is 8.76. The van der Waals surface area contributed by atoms with E-state index in [1.54, 1.807) is 12.4 Å². The molecular formula is C19H21N7O. The van der Waals surface area contributed by atoms with Crippen molar-refractivity contribution < 1.29 is 4.74 Å². The molecule has 3 aromatic rings. The Morgan fingerprint density at radius 2 is 2.07 bits per heavy atom. The highest BCUT2D eigenvalue weighted by Gasteiger charge is 2.19. The Morgan fingerprint density at radius 1 is 1.26 bits per heavy atom. The monoisotopic (exact) mass is 363 g/mol. The smallest absolute Gasteiger partial charge is 0.130 e. The number of morpholine rings is 1. The SMILES string of the molecule is Cn1nccc1-c1cc(N2CCOCC2)nc2c(/C(N)=C/C=N)nccc12. The van der Waals surface area contributed by atoms with E-state index in [0.717, 1.165) is 41.8 Å². The first kappa shape index (κ1) is 17.2. The van der Waals surface area contributed by atoms with Crippen molar-refractivity contribution in [3.8, 4) is 11.3 Å². The van der Waals surface area contributed by atoms with Gasteiger partial charge in [0.05, 0.1) is 24.6 Å². The minimum absolute atomic E-state index is 0.415. The number of nitrogens with one attached hydrogen (secondary N) is 1. The number of hydrogen-bond donors (Lipinski definition) is 2. The van der Waals surface area contributed by atoms with Gasteiger partial charge in [-0.2, -0.15) is 5.10 Å². The van der Waals surface area contributed by atoms with Crippen LogP contribution in [-0.4, -0.2) is 52.3 Å². The van der Waals surface area contributed by atoms with Gasteiger partial charge in [-0.15, -0.1) is 0 Å². The Kier molecular flexibility index (Phi) is 4.55. The predicted molar refractivity (Wildman–Crippen MR) is 106 cm³/mol. The average Bonchev–Trinajstić information content (AvgIpc) is 3.13. The summed E-state index contributed by atoms with van der Waals surface area (Å²) in [6.45, 7) is 2.92. The zero-order valence-electron chi connectivity index (χ0n) is 15.1. The molecule has 1 aliphatic rings. The van der Waals surface area contributed by atoms with Crippen molar-refractivity contribution in [3.05, 3.63) is 42.4 Å². The number of allylic oxidation sites excluding steroid dienone is 1. The number of aromatic nitrogens is 4. The minimum atomic E-state index is 0.415. The summed E-state index contributed by atoms with van der Waals surface area (Å²) in [6.07, 6.45) is 6.18. The molecule has 0 bridgehead atoms. The topological polar surface area (TPSA) is 106 Å². The standard InChI is InChI=1S/C19H21N7O/c1-25-16(4-7-23-25)14-12-17(26-8-10-27-11-9-26)24-18-13(14)3-6-22-19(18)15(21)2-5-20/h2-7,12,20H,8-11,21H2,1H3/b15-2-,20-5?. The van der Waals surface area contributed by atoms with Crippen molar-refractivity contribution in [2.24, 2.45) is 12.8 Å². The Bertz CT molecular complexity index is 1020. The number of ether oxygens (including phenoxy) is 1. The van der Waals surface area contributed by atoms with E-state index in [1.807, 2.05) is 23.9 Å². The molecule has 4 rings (SSSR count). The maximum Gasteiger partial charge on any atom is 0.130 e. The maximum atomic E-state index is 7.31. The van der Waals surface area contributed by atoms with Crippen molar-refractivity contribution in [1.29, 1.82) is 5.41 Å². The molecule has 27 heavy (non-hydrogen) atoms. The number of rotatable bonds is 4. The van der Waals surface area contributed by atoms with Gasteiger partial charge in [0.2, 0.25) is 0 Å². The van der Waals surface area contributed by atoms with E-state index in [-0.39, 0.29) is 0 Å².